The molecule has 0 aliphatic carbocycles. The highest BCUT2D eigenvalue weighted by atomic mass is 16.5. The van der Waals surface area contributed by atoms with Crippen LogP contribution < -0.4 is 10.1 Å². The van der Waals surface area contributed by atoms with E-state index < -0.39 is 6.04 Å². The number of carbonyl (C=O) groups is 2. The minimum Gasteiger partial charge on any atom is -0.497 e. The number of fused-ring (bicyclic) bond motifs is 1. The second-order valence-corrected chi connectivity index (χ2v) is 8.30. The zero-order valence-corrected chi connectivity index (χ0v) is 18.9. The van der Waals surface area contributed by atoms with Crippen molar-refractivity contribution in [1.29, 1.82) is 0 Å². The second kappa shape index (κ2) is 9.44. The summed E-state index contributed by atoms with van der Waals surface area (Å²) in [6.07, 6.45) is 0. The topological polar surface area (TPSA) is 66.8 Å². The number of amides is 2. The summed E-state index contributed by atoms with van der Waals surface area (Å²) in [6.45, 7) is 5.63. The molecule has 7 heteroatoms. The Hall–Kier alpha value is -3.32. The lowest BCUT2D eigenvalue weighted by molar-refractivity contribution is -0.134. The van der Waals surface area contributed by atoms with Crippen LogP contribution in [0.15, 0.2) is 54.6 Å². The van der Waals surface area contributed by atoms with Gasteiger partial charge in [-0.3, -0.25) is 14.5 Å². The lowest BCUT2D eigenvalue weighted by Crippen LogP contribution is -2.54. The van der Waals surface area contributed by atoms with E-state index in [1.165, 1.54) is 5.56 Å². The number of rotatable bonds is 6. The van der Waals surface area contributed by atoms with Crippen LogP contribution in [0.5, 0.6) is 5.75 Å². The Morgan fingerprint density at radius 3 is 2.44 bits per heavy atom. The molecule has 7 nitrogen and oxygen atoms in total. The Morgan fingerprint density at radius 1 is 1.03 bits per heavy atom. The maximum Gasteiger partial charge on any atom is 0.268 e. The van der Waals surface area contributed by atoms with E-state index in [2.05, 4.69) is 22.3 Å². The first kappa shape index (κ1) is 21.9. The molecule has 32 heavy (non-hydrogen) atoms. The first-order valence-corrected chi connectivity index (χ1v) is 11.0. The Kier molecular flexibility index (Phi) is 6.46. The molecule has 0 unspecified atom stereocenters. The van der Waals surface area contributed by atoms with Gasteiger partial charge in [-0.05, 0) is 36.8 Å². The number of hydrogen-bond acceptors (Lipinski definition) is 4. The molecule has 0 radical (unpaired) electrons. The number of piperazine rings is 1. The maximum atomic E-state index is 12.9. The second-order valence-electron chi connectivity index (χ2n) is 8.30. The standard InChI is InChI=1S/C25H30N4O3/c1-18(25(31)29-13-11-28(12-14-29)17-19-7-5-4-6-8-19)26-24(30)23-16-20-15-21(32-3)9-10-22(20)27(23)2/h4-10,15-16,18H,11-14,17H2,1-3H3,(H,26,30)/t18-/m1/s1. The van der Waals surface area contributed by atoms with Crippen molar-refractivity contribution in [1.82, 2.24) is 19.7 Å². The highest BCUT2D eigenvalue weighted by molar-refractivity contribution is 6.01. The van der Waals surface area contributed by atoms with Crippen LogP contribution in [0.4, 0.5) is 0 Å². The largest absolute Gasteiger partial charge is 0.497 e. The summed E-state index contributed by atoms with van der Waals surface area (Å²) < 4.78 is 7.11. The summed E-state index contributed by atoms with van der Waals surface area (Å²) in [5.41, 5.74) is 2.73. The molecule has 0 bridgehead atoms. The molecule has 1 aliphatic rings. The highest BCUT2D eigenvalue weighted by Crippen LogP contribution is 2.24. The molecular weight excluding hydrogens is 404 g/mol. The van der Waals surface area contributed by atoms with E-state index in [0.29, 0.717) is 18.8 Å². The third kappa shape index (κ3) is 4.62. The summed E-state index contributed by atoms with van der Waals surface area (Å²) in [4.78, 5) is 30.0. The average Bonchev–Trinajstić information content (AvgIpc) is 3.15. The van der Waals surface area contributed by atoms with Gasteiger partial charge in [0.1, 0.15) is 17.5 Å². The molecule has 1 atom stereocenters. The number of ether oxygens (including phenoxy) is 1. The van der Waals surface area contributed by atoms with Gasteiger partial charge in [-0.15, -0.1) is 0 Å². The summed E-state index contributed by atoms with van der Waals surface area (Å²) in [7, 11) is 3.47. The van der Waals surface area contributed by atoms with Crippen molar-refractivity contribution in [2.45, 2.75) is 19.5 Å². The minimum atomic E-state index is -0.587. The summed E-state index contributed by atoms with van der Waals surface area (Å²) in [6, 6.07) is 17.3. The van der Waals surface area contributed by atoms with Gasteiger partial charge < -0.3 is 19.5 Å². The van der Waals surface area contributed by atoms with Crippen molar-refractivity contribution >= 4 is 22.7 Å². The minimum absolute atomic E-state index is 0.0434. The quantitative estimate of drug-likeness (QED) is 0.648. The fraction of sp³-hybridized carbons (Fsp3) is 0.360. The number of nitrogens with zero attached hydrogens (tertiary/aromatic N) is 3. The Morgan fingerprint density at radius 2 is 1.75 bits per heavy atom. The fourth-order valence-electron chi connectivity index (χ4n) is 4.25. The number of hydrogen-bond donors (Lipinski definition) is 1. The van der Waals surface area contributed by atoms with Gasteiger partial charge in [0, 0.05) is 50.7 Å². The molecule has 0 spiro atoms. The smallest absolute Gasteiger partial charge is 0.268 e. The van der Waals surface area contributed by atoms with E-state index in [1.54, 1.807) is 14.0 Å². The summed E-state index contributed by atoms with van der Waals surface area (Å²) in [5, 5.41) is 3.80. The van der Waals surface area contributed by atoms with Crippen LogP contribution >= 0.6 is 0 Å². The Balaban J connectivity index is 1.34. The molecule has 168 valence electrons. The Labute approximate surface area is 188 Å². The molecule has 1 saturated heterocycles. The van der Waals surface area contributed by atoms with Crippen molar-refractivity contribution in [3.63, 3.8) is 0 Å². The number of nitrogens with one attached hydrogen (secondary N) is 1. The van der Waals surface area contributed by atoms with Crippen LogP contribution in [0, 0.1) is 0 Å². The van der Waals surface area contributed by atoms with Gasteiger partial charge in [-0.2, -0.15) is 0 Å². The van der Waals surface area contributed by atoms with Gasteiger partial charge in [0.15, 0.2) is 0 Å². The molecule has 0 saturated carbocycles. The fourth-order valence-corrected chi connectivity index (χ4v) is 4.25. The zero-order chi connectivity index (χ0) is 22.7. The van der Waals surface area contributed by atoms with Crippen LogP contribution in [-0.4, -0.2) is 65.5 Å². The monoisotopic (exact) mass is 434 g/mol. The number of benzene rings is 2. The van der Waals surface area contributed by atoms with E-state index in [1.807, 2.05) is 59.0 Å². The van der Waals surface area contributed by atoms with Crippen molar-refractivity contribution in [2.75, 3.05) is 33.3 Å². The van der Waals surface area contributed by atoms with Gasteiger partial charge in [0.2, 0.25) is 5.91 Å². The molecule has 1 N–H and O–H groups in total. The lowest BCUT2D eigenvalue weighted by atomic mass is 10.2. The van der Waals surface area contributed by atoms with Crippen LogP contribution in [0.3, 0.4) is 0 Å². The molecule has 3 aromatic rings. The maximum absolute atomic E-state index is 12.9. The number of aromatic nitrogens is 1. The van der Waals surface area contributed by atoms with E-state index in [4.69, 9.17) is 4.74 Å². The number of aryl methyl sites for hydroxylation is 1. The molecule has 1 aromatic heterocycles. The van der Waals surface area contributed by atoms with Crippen molar-refractivity contribution in [2.24, 2.45) is 7.05 Å². The van der Waals surface area contributed by atoms with Gasteiger partial charge in [-0.25, -0.2) is 0 Å². The predicted octanol–water partition coefficient (Wildman–Crippen LogP) is 2.65. The summed E-state index contributed by atoms with van der Waals surface area (Å²) >= 11 is 0. The predicted molar refractivity (Wildman–Crippen MR) is 125 cm³/mol. The molecule has 2 aromatic carbocycles. The van der Waals surface area contributed by atoms with Crippen LogP contribution in [0.1, 0.15) is 23.0 Å². The highest BCUT2D eigenvalue weighted by Gasteiger charge is 2.27. The number of carbonyl (C=O) groups excluding carboxylic acids is 2. The SMILES string of the molecule is COc1ccc2c(c1)cc(C(=O)N[C@H](C)C(=O)N1CCN(Cc3ccccc3)CC1)n2C. The first-order valence-electron chi connectivity index (χ1n) is 11.0. The first-order chi connectivity index (χ1) is 15.5. The molecule has 1 fully saturated rings. The molecule has 1 aliphatic heterocycles. The Bertz CT molecular complexity index is 1100. The molecular formula is C25H30N4O3. The van der Waals surface area contributed by atoms with E-state index in [-0.39, 0.29) is 11.8 Å². The van der Waals surface area contributed by atoms with Gasteiger partial charge >= 0.3 is 0 Å². The van der Waals surface area contributed by atoms with E-state index >= 15 is 0 Å². The molecule has 2 amide bonds. The van der Waals surface area contributed by atoms with Crippen molar-refractivity contribution in [3.8, 4) is 5.75 Å². The van der Waals surface area contributed by atoms with Crippen molar-refractivity contribution in [3.05, 3.63) is 65.9 Å². The van der Waals surface area contributed by atoms with Gasteiger partial charge in [0.05, 0.1) is 7.11 Å². The van der Waals surface area contributed by atoms with Crippen LogP contribution in [0.25, 0.3) is 10.9 Å². The zero-order valence-electron chi connectivity index (χ0n) is 18.9. The van der Waals surface area contributed by atoms with Crippen molar-refractivity contribution < 1.29 is 14.3 Å². The third-order valence-electron chi connectivity index (χ3n) is 6.13. The van der Waals surface area contributed by atoms with Crippen LogP contribution in [-0.2, 0) is 18.4 Å². The third-order valence-corrected chi connectivity index (χ3v) is 6.13. The lowest BCUT2D eigenvalue weighted by Gasteiger charge is -2.36. The van der Waals surface area contributed by atoms with Crippen LogP contribution in [0.2, 0.25) is 0 Å². The summed E-state index contributed by atoms with van der Waals surface area (Å²) in [5.74, 6) is 0.439. The van der Waals surface area contributed by atoms with E-state index in [9.17, 15) is 9.59 Å². The number of methoxy groups -OCH3 is 1. The van der Waals surface area contributed by atoms with Gasteiger partial charge in [0.25, 0.3) is 5.91 Å². The average molecular weight is 435 g/mol. The normalized spacial score (nSPS) is 15.5. The van der Waals surface area contributed by atoms with Gasteiger partial charge in [-0.1, -0.05) is 30.3 Å². The van der Waals surface area contributed by atoms with E-state index in [0.717, 1.165) is 36.3 Å². The molecule has 2 heterocycles. The molecule has 4 rings (SSSR count).